The minimum atomic E-state index is -0.137. The van der Waals surface area contributed by atoms with Crippen molar-refractivity contribution in [2.45, 2.75) is 39.2 Å². The fraction of sp³-hybridized carbons (Fsp3) is 0.467. The van der Waals surface area contributed by atoms with Crippen molar-refractivity contribution in [2.75, 3.05) is 6.54 Å². The number of halogens is 1. The summed E-state index contributed by atoms with van der Waals surface area (Å²) in [5, 5.41) is 3.46. The van der Waals surface area contributed by atoms with Crippen molar-refractivity contribution in [1.29, 1.82) is 0 Å². The first kappa shape index (κ1) is 12.3. The van der Waals surface area contributed by atoms with Crippen molar-refractivity contribution in [2.24, 2.45) is 0 Å². The van der Waals surface area contributed by atoms with Gasteiger partial charge in [0.2, 0.25) is 0 Å². The molecule has 0 radical (unpaired) electrons. The van der Waals surface area contributed by atoms with E-state index in [-0.39, 0.29) is 11.9 Å². The second kappa shape index (κ2) is 5.46. The van der Waals surface area contributed by atoms with Crippen LogP contribution in [0, 0.1) is 12.7 Å². The molecule has 0 saturated heterocycles. The van der Waals surface area contributed by atoms with Gasteiger partial charge in [-0.05, 0) is 56.0 Å². The SMILES string of the molecule is CCNC(C1=CCCC1)c1cc(C)cc(F)c1. The van der Waals surface area contributed by atoms with E-state index in [1.54, 1.807) is 12.1 Å². The Bertz CT molecular complexity index is 403. The third-order valence-corrected chi connectivity index (χ3v) is 3.25. The topological polar surface area (TPSA) is 12.0 Å². The lowest BCUT2D eigenvalue weighted by atomic mass is 9.96. The Morgan fingerprint density at radius 2 is 2.18 bits per heavy atom. The molecule has 1 unspecified atom stereocenters. The summed E-state index contributed by atoms with van der Waals surface area (Å²) >= 11 is 0. The largest absolute Gasteiger partial charge is 0.307 e. The van der Waals surface area contributed by atoms with Crippen LogP contribution in [0.3, 0.4) is 0 Å². The molecule has 1 aromatic carbocycles. The molecule has 0 saturated carbocycles. The lowest BCUT2D eigenvalue weighted by Gasteiger charge is -2.20. The van der Waals surface area contributed by atoms with Crippen LogP contribution in [0.2, 0.25) is 0 Å². The first-order valence-corrected chi connectivity index (χ1v) is 6.40. The van der Waals surface area contributed by atoms with Gasteiger partial charge in [-0.15, -0.1) is 0 Å². The van der Waals surface area contributed by atoms with Gasteiger partial charge in [0.05, 0.1) is 6.04 Å². The maximum absolute atomic E-state index is 13.5. The van der Waals surface area contributed by atoms with E-state index < -0.39 is 0 Å². The molecule has 2 heteroatoms. The van der Waals surface area contributed by atoms with Gasteiger partial charge in [0, 0.05) is 0 Å². The van der Waals surface area contributed by atoms with Crippen LogP contribution in [-0.2, 0) is 0 Å². The second-order valence-corrected chi connectivity index (χ2v) is 4.72. The zero-order valence-electron chi connectivity index (χ0n) is 10.6. The van der Waals surface area contributed by atoms with Gasteiger partial charge in [-0.3, -0.25) is 0 Å². The monoisotopic (exact) mass is 233 g/mol. The van der Waals surface area contributed by atoms with Crippen LogP contribution in [0.25, 0.3) is 0 Å². The standard InChI is InChI=1S/C15H20FN/c1-3-17-15(12-6-4-5-7-12)13-8-11(2)9-14(16)10-13/h6,8-10,15,17H,3-5,7H2,1-2H3. The van der Waals surface area contributed by atoms with Gasteiger partial charge in [-0.1, -0.05) is 24.6 Å². The molecule has 1 aromatic rings. The zero-order chi connectivity index (χ0) is 12.3. The molecule has 1 N–H and O–H groups in total. The van der Waals surface area contributed by atoms with Crippen molar-refractivity contribution >= 4 is 0 Å². The van der Waals surface area contributed by atoms with Gasteiger partial charge in [-0.2, -0.15) is 0 Å². The Morgan fingerprint density at radius 1 is 1.35 bits per heavy atom. The minimum absolute atomic E-state index is 0.137. The molecule has 0 aliphatic heterocycles. The zero-order valence-corrected chi connectivity index (χ0v) is 10.6. The van der Waals surface area contributed by atoms with Gasteiger partial charge in [0.15, 0.2) is 0 Å². The first-order chi connectivity index (χ1) is 8.20. The lowest BCUT2D eigenvalue weighted by molar-refractivity contribution is 0.588. The number of hydrogen-bond acceptors (Lipinski definition) is 1. The van der Waals surface area contributed by atoms with Crippen molar-refractivity contribution < 1.29 is 4.39 Å². The minimum Gasteiger partial charge on any atom is -0.307 e. The smallest absolute Gasteiger partial charge is 0.123 e. The number of nitrogens with one attached hydrogen (secondary N) is 1. The summed E-state index contributed by atoms with van der Waals surface area (Å²) in [4.78, 5) is 0. The molecule has 1 atom stereocenters. The molecule has 0 bridgehead atoms. The highest BCUT2D eigenvalue weighted by Crippen LogP contribution is 2.31. The van der Waals surface area contributed by atoms with Crippen LogP contribution in [0.5, 0.6) is 0 Å². The predicted octanol–water partition coefficient (Wildman–Crippen LogP) is 3.90. The summed E-state index contributed by atoms with van der Waals surface area (Å²) in [5.41, 5.74) is 3.45. The predicted molar refractivity (Wildman–Crippen MR) is 69.5 cm³/mol. The van der Waals surface area contributed by atoms with Gasteiger partial charge in [0.1, 0.15) is 5.82 Å². The van der Waals surface area contributed by atoms with Crippen molar-refractivity contribution in [3.05, 3.63) is 46.8 Å². The number of allylic oxidation sites excluding steroid dienone is 1. The van der Waals surface area contributed by atoms with E-state index in [1.807, 2.05) is 6.92 Å². The van der Waals surface area contributed by atoms with Crippen LogP contribution in [-0.4, -0.2) is 6.54 Å². The number of hydrogen-bond donors (Lipinski definition) is 1. The third kappa shape index (κ3) is 2.95. The highest BCUT2D eigenvalue weighted by molar-refractivity contribution is 5.33. The molecule has 1 nitrogen and oxygen atoms in total. The molecule has 0 aromatic heterocycles. The maximum Gasteiger partial charge on any atom is 0.123 e. The number of aryl methyl sites for hydroxylation is 1. The lowest BCUT2D eigenvalue weighted by Crippen LogP contribution is -2.22. The molecule has 92 valence electrons. The Morgan fingerprint density at radius 3 is 2.76 bits per heavy atom. The van der Waals surface area contributed by atoms with Crippen molar-refractivity contribution in [1.82, 2.24) is 5.32 Å². The van der Waals surface area contributed by atoms with Crippen molar-refractivity contribution in [3.63, 3.8) is 0 Å². The fourth-order valence-electron chi connectivity index (χ4n) is 2.56. The van der Waals surface area contributed by atoms with Gasteiger partial charge in [0.25, 0.3) is 0 Å². The second-order valence-electron chi connectivity index (χ2n) is 4.72. The summed E-state index contributed by atoms with van der Waals surface area (Å²) in [7, 11) is 0. The van der Waals surface area contributed by atoms with Crippen LogP contribution in [0.15, 0.2) is 29.8 Å². The summed E-state index contributed by atoms with van der Waals surface area (Å²) in [6.07, 6.45) is 5.82. The molecule has 0 spiro atoms. The summed E-state index contributed by atoms with van der Waals surface area (Å²) in [6, 6.07) is 5.50. The quantitative estimate of drug-likeness (QED) is 0.778. The van der Waals surface area contributed by atoms with E-state index in [2.05, 4.69) is 24.4 Å². The van der Waals surface area contributed by atoms with Crippen LogP contribution in [0.1, 0.15) is 43.4 Å². The number of benzene rings is 1. The first-order valence-electron chi connectivity index (χ1n) is 6.40. The molecule has 1 aliphatic carbocycles. The van der Waals surface area contributed by atoms with Crippen LogP contribution in [0.4, 0.5) is 4.39 Å². The van der Waals surface area contributed by atoms with E-state index in [9.17, 15) is 4.39 Å². The van der Waals surface area contributed by atoms with Gasteiger partial charge in [-0.25, -0.2) is 4.39 Å². The Kier molecular flexibility index (Phi) is 3.95. The Hall–Kier alpha value is -1.15. The summed E-state index contributed by atoms with van der Waals surface area (Å²) < 4.78 is 13.5. The van der Waals surface area contributed by atoms with E-state index in [1.165, 1.54) is 12.0 Å². The molecule has 2 rings (SSSR count). The molecule has 1 aliphatic rings. The Labute approximate surface area is 103 Å². The third-order valence-electron chi connectivity index (χ3n) is 3.25. The summed E-state index contributed by atoms with van der Waals surface area (Å²) in [5.74, 6) is -0.137. The molecular formula is C15H20FN. The summed E-state index contributed by atoms with van der Waals surface area (Å²) in [6.45, 7) is 4.94. The van der Waals surface area contributed by atoms with E-state index >= 15 is 0 Å². The number of rotatable bonds is 4. The van der Waals surface area contributed by atoms with Crippen LogP contribution < -0.4 is 5.32 Å². The highest BCUT2D eigenvalue weighted by atomic mass is 19.1. The van der Waals surface area contributed by atoms with E-state index in [4.69, 9.17) is 0 Å². The molecular weight excluding hydrogens is 213 g/mol. The Balaban J connectivity index is 2.31. The van der Waals surface area contributed by atoms with Crippen molar-refractivity contribution in [3.8, 4) is 0 Å². The molecule has 17 heavy (non-hydrogen) atoms. The number of likely N-dealkylation sites (N-methyl/N-ethyl adjacent to an activating group) is 1. The highest BCUT2D eigenvalue weighted by Gasteiger charge is 2.18. The maximum atomic E-state index is 13.5. The van der Waals surface area contributed by atoms with Gasteiger partial charge < -0.3 is 5.32 Å². The molecule has 0 fully saturated rings. The molecule has 0 heterocycles. The fourth-order valence-corrected chi connectivity index (χ4v) is 2.56. The van der Waals surface area contributed by atoms with Crippen LogP contribution >= 0.6 is 0 Å². The van der Waals surface area contributed by atoms with E-state index in [0.717, 1.165) is 30.5 Å². The van der Waals surface area contributed by atoms with Gasteiger partial charge >= 0.3 is 0 Å². The normalized spacial score (nSPS) is 17.0. The molecule has 0 amide bonds. The average molecular weight is 233 g/mol. The van der Waals surface area contributed by atoms with E-state index in [0.29, 0.717) is 0 Å². The average Bonchev–Trinajstić information content (AvgIpc) is 2.77.